The van der Waals surface area contributed by atoms with Gasteiger partial charge in [0.05, 0.1) is 12.1 Å². The van der Waals surface area contributed by atoms with Crippen molar-refractivity contribution < 1.29 is 34.2 Å². The maximum Gasteiger partial charge on any atom is 0.328 e. The van der Waals surface area contributed by atoms with E-state index in [1.807, 2.05) is 27.7 Å². The van der Waals surface area contributed by atoms with E-state index in [4.69, 9.17) is 17.2 Å². The van der Waals surface area contributed by atoms with Crippen molar-refractivity contribution in [2.24, 2.45) is 29.0 Å². The highest BCUT2D eigenvalue weighted by Crippen LogP contribution is 2.10. The Bertz CT molecular complexity index is 792. The number of aliphatic hydroxyl groups is 1. The average molecular weight is 546 g/mol. The summed E-state index contributed by atoms with van der Waals surface area (Å²) in [6.07, 6.45) is -0.657. The lowest BCUT2D eigenvalue weighted by molar-refractivity contribution is -0.145. The molecule has 0 bridgehead atoms. The Morgan fingerprint density at radius 2 is 1.05 bits per heavy atom. The summed E-state index contributed by atoms with van der Waals surface area (Å²) < 4.78 is 0. The zero-order chi connectivity index (χ0) is 29.6. The normalized spacial score (nSPS) is 16.1. The second-order valence-corrected chi connectivity index (χ2v) is 10.3. The standard InChI is InChI=1S/C24H47N7O7/c1-12(2)10-17(29-20(33)15(27)6-8-25)23(36)30-18(11-13(3)4)22(35)28-16(7-9-26)21(34)31-19(14(5)32)24(37)38/h12-19,32H,6-11,25-27H2,1-5H3,(H,28,35)(H,29,33)(H,30,36)(H,31,34)(H,37,38)/t14-,15+,16+,17-,18-,19+/m1/s1. The lowest BCUT2D eigenvalue weighted by Gasteiger charge is -2.28. The third-order valence-corrected chi connectivity index (χ3v) is 5.63. The van der Waals surface area contributed by atoms with Crippen molar-refractivity contribution in [1.29, 1.82) is 0 Å². The van der Waals surface area contributed by atoms with Crippen LogP contribution in [0.2, 0.25) is 0 Å². The zero-order valence-corrected chi connectivity index (χ0v) is 23.0. The van der Waals surface area contributed by atoms with E-state index in [1.165, 1.54) is 6.92 Å². The molecule has 0 saturated heterocycles. The summed E-state index contributed by atoms with van der Waals surface area (Å²) in [5.74, 6) is -4.09. The number of aliphatic hydroxyl groups excluding tert-OH is 1. The Hall–Kier alpha value is -2.81. The van der Waals surface area contributed by atoms with Gasteiger partial charge in [0.2, 0.25) is 23.6 Å². The van der Waals surface area contributed by atoms with Crippen LogP contribution in [0.5, 0.6) is 0 Å². The van der Waals surface area contributed by atoms with Gasteiger partial charge in [0.25, 0.3) is 0 Å². The van der Waals surface area contributed by atoms with Gasteiger partial charge in [-0.05, 0) is 57.5 Å². The number of nitrogens with two attached hydrogens (primary N) is 3. The van der Waals surface area contributed by atoms with Crippen LogP contribution in [0.1, 0.15) is 60.3 Å². The van der Waals surface area contributed by atoms with E-state index in [1.54, 1.807) is 0 Å². The van der Waals surface area contributed by atoms with Crippen molar-refractivity contribution in [1.82, 2.24) is 21.3 Å². The van der Waals surface area contributed by atoms with E-state index in [2.05, 4.69) is 21.3 Å². The van der Waals surface area contributed by atoms with Crippen LogP contribution in [0.4, 0.5) is 0 Å². The maximum atomic E-state index is 13.2. The highest BCUT2D eigenvalue weighted by atomic mass is 16.4. The van der Waals surface area contributed by atoms with Gasteiger partial charge in [-0.3, -0.25) is 19.2 Å². The molecule has 0 fully saturated rings. The van der Waals surface area contributed by atoms with Gasteiger partial charge in [-0.15, -0.1) is 0 Å². The predicted octanol–water partition coefficient (Wildman–Crippen LogP) is -2.49. The fourth-order valence-electron chi connectivity index (χ4n) is 3.62. The molecule has 0 unspecified atom stereocenters. The number of amides is 4. The summed E-state index contributed by atoms with van der Waals surface area (Å²) in [6.45, 7) is 8.84. The number of aliphatic carboxylic acids is 1. The highest BCUT2D eigenvalue weighted by molar-refractivity contribution is 5.95. The monoisotopic (exact) mass is 545 g/mol. The van der Waals surface area contributed by atoms with Gasteiger partial charge in [0, 0.05) is 0 Å². The molecule has 0 saturated carbocycles. The number of nitrogens with one attached hydrogen (secondary N) is 4. The highest BCUT2D eigenvalue weighted by Gasteiger charge is 2.33. The average Bonchev–Trinajstić information content (AvgIpc) is 2.80. The number of carboxylic acids is 1. The Morgan fingerprint density at radius 3 is 1.42 bits per heavy atom. The van der Waals surface area contributed by atoms with Crippen molar-refractivity contribution >= 4 is 29.6 Å². The molecular weight excluding hydrogens is 498 g/mol. The van der Waals surface area contributed by atoms with E-state index in [0.29, 0.717) is 0 Å². The van der Waals surface area contributed by atoms with Crippen LogP contribution in [0.3, 0.4) is 0 Å². The van der Waals surface area contributed by atoms with E-state index in [-0.39, 0.29) is 50.6 Å². The van der Waals surface area contributed by atoms with Crippen molar-refractivity contribution in [2.45, 2.75) is 96.6 Å². The Kier molecular flexibility index (Phi) is 16.3. The van der Waals surface area contributed by atoms with Gasteiger partial charge >= 0.3 is 5.97 Å². The number of hydrogen-bond donors (Lipinski definition) is 9. The number of rotatable bonds is 18. The molecule has 0 aliphatic heterocycles. The van der Waals surface area contributed by atoms with Gasteiger partial charge in [0.1, 0.15) is 18.1 Å². The third kappa shape index (κ3) is 13.1. The molecule has 0 aliphatic rings. The lowest BCUT2D eigenvalue weighted by atomic mass is 9.99. The second kappa shape index (κ2) is 17.7. The number of hydrogen-bond acceptors (Lipinski definition) is 9. The van der Waals surface area contributed by atoms with Crippen molar-refractivity contribution in [3.8, 4) is 0 Å². The van der Waals surface area contributed by atoms with Crippen LogP contribution in [0, 0.1) is 11.8 Å². The molecule has 14 nitrogen and oxygen atoms in total. The Labute approximate surface area is 224 Å². The minimum atomic E-state index is -1.59. The van der Waals surface area contributed by atoms with Gasteiger partial charge in [-0.1, -0.05) is 27.7 Å². The molecule has 0 rings (SSSR count). The summed E-state index contributed by atoms with van der Waals surface area (Å²) in [5.41, 5.74) is 16.9. The fraction of sp³-hybridized carbons (Fsp3) is 0.792. The van der Waals surface area contributed by atoms with E-state index in [0.717, 1.165) is 0 Å². The minimum Gasteiger partial charge on any atom is -0.480 e. The molecule has 14 heteroatoms. The molecule has 12 N–H and O–H groups in total. The van der Waals surface area contributed by atoms with Crippen LogP contribution in [-0.4, -0.2) is 89.2 Å². The Balaban J connectivity index is 5.72. The third-order valence-electron chi connectivity index (χ3n) is 5.63. The van der Waals surface area contributed by atoms with Gasteiger partial charge in [-0.2, -0.15) is 0 Å². The molecule has 0 aromatic carbocycles. The fourth-order valence-corrected chi connectivity index (χ4v) is 3.62. The first-order chi connectivity index (χ1) is 17.6. The number of carbonyl (C=O) groups excluding carboxylic acids is 4. The van der Waals surface area contributed by atoms with Gasteiger partial charge in [0.15, 0.2) is 6.04 Å². The molecule has 0 spiro atoms. The minimum absolute atomic E-state index is 0.00244. The quantitative estimate of drug-likeness (QED) is 0.0875. The van der Waals surface area contributed by atoms with Gasteiger partial charge in [-0.25, -0.2) is 4.79 Å². The molecule has 38 heavy (non-hydrogen) atoms. The summed E-state index contributed by atoms with van der Waals surface area (Å²) in [4.78, 5) is 62.8. The molecule has 6 atom stereocenters. The van der Waals surface area contributed by atoms with Crippen LogP contribution >= 0.6 is 0 Å². The molecule has 0 aliphatic carbocycles. The first kappa shape index (κ1) is 35.2. The summed E-state index contributed by atoms with van der Waals surface area (Å²) in [5, 5.41) is 28.9. The van der Waals surface area contributed by atoms with E-state index < -0.39 is 65.9 Å². The van der Waals surface area contributed by atoms with Crippen LogP contribution in [-0.2, 0) is 24.0 Å². The topological polar surface area (TPSA) is 252 Å². The van der Waals surface area contributed by atoms with Crippen molar-refractivity contribution in [2.75, 3.05) is 13.1 Å². The second-order valence-electron chi connectivity index (χ2n) is 10.3. The van der Waals surface area contributed by atoms with E-state index in [9.17, 15) is 34.2 Å². The van der Waals surface area contributed by atoms with Gasteiger partial charge < -0.3 is 48.7 Å². The van der Waals surface area contributed by atoms with Crippen molar-refractivity contribution in [3.63, 3.8) is 0 Å². The summed E-state index contributed by atoms with van der Waals surface area (Å²) in [7, 11) is 0. The van der Waals surface area contributed by atoms with Crippen LogP contribution < -0.4 is 38.5 Å². The first-order valence-corrected chi connectivity index (χ1v) is 12.9. The summed E-state index contributed by atoms with van der Waals surface area (Å²) in [6, 6.07) is -5.70. The Morgan fingerprint density at radius 1 is 0.658 bits per heavy atom. The molecule has 4 amide bonds. The molecule has 0 radical (unpaired) electrons. The number of carbonyl (C=O) groups is 5. The smallest absolute Gasteiger partial charge is 0.328 e. The SMILES string of the molecule is CC(C)C[C@@H](NC(=O)[C@@H](N)CCN)C(=O)N[C@H](CC(C)C)C(=O)N[C@@H](CCN)C(=O)N[C@H](C(=O)O)[C@@H](C)O. The summed E-state index contributed by atoms with van der Waals surface area (Å²) >= 11 is 0. The predicted molar refractivity (Wildman–Crippen MR) is 141 cm³/mol. The molecular formula is C24H47N7O7. The molecule has 220 valence electrons. The zero-order valence-electron chi connectivity index (χ0n) is 23.0. The molecule has 0 aromatic heterocycles. The van der Waals surface area contributed by atoms with E-state index >= 15 is 0 Å². The molecule has 0 aromatic rings. The molecule has 0 heterocycles. The van der Waals surface area contributed by atoms with Crippen LogP contribution in [0.15, 0.2) is 0 Å². The maximum absolute atomic E-state index is 13.2. The largest absolute Gasteiger partial charge is 0.480 e. The first-order valence-electron chi connectivity index (χ1n) is 12.9. The lowest BCUT2D eigenvalue weighted by Crippen LogP contribution is -2.59. The number of carboxylic acid groups (broad SMARTS) is 1. The van der Waals surface area contributed by atoms with Crippen molar-refractivity contribution in [3.05, 3.63) is 0 Å². The van der Waals surface area contributed by atoms with Crippen LogP contribution in [0.25, 0.3) is 0 Å².